The number of carbonyl (C=O) groups is 2. The number of ketones is 1. The second-order valence-corrected chi connectivity index (χ2v) is 4.32. The maximum Gasteiger partial charge on any atom is 0.411 e. The quantitative estimate of drug-likeness (QED) is 0.665. The fraction of sp³-hybridized carbons (Fsp3) is 0.333. The summed E-state index contributed by atoms with van der Waals surface area (Å²) in [6, 6.07) is 1.45. The van der Waals surface area contributed by atoms with Crippen LogP contribution in [0.15, 0.2) is 18.2 Å². The Morgan fingerprint density at radius 3 is 1.91 bits per heavy atom. The number of alkyl halides is 6. The van der Waals surface area contributed by atoms with E-state index < -0.39 is 46.5 Å². The van der Waals surface area contributed by atoms with Crippen molar-refractivity contribution in [3.63, 3.8) is 0 Å². The largest absolute Gasteiger partial charge is 0.477 e. The van der Waals surface area contributed by atoms with Crippen LogP contribution < -0.4 is 0 Å². The summed E-state index contributed by atoms with van der Waals surface area (Å²) in [6.45, 7) is 0.917. The molecule has 0 aliphatic rings. The van der Waals surface area contributed by atoms with Gasteiger partial charge in [0.2, 0.25) is 5.78 Å². The average molecular weight is 332 g/mol. The molecule has 0 bridgehead atoms. The summed E-state index contributed by atoms with van der Waals surface area (Å²) in [5.74, 6) is -25.9. The third-order valence-corrected chi connectivity index (χ3v) is 2.78. The van der Waals surface area contributed by atoms with Gasteiger partial charge in [-0.05, 0) is 30.7 Å². The lowest BCUT2D eigenvalue weighted by Gasteiger charge is -2.29. The summed E-state index contributed by atoms with van der Waals surface area (Å²) in [4.78, 5) is 21.5. The number of benzene rings is 1. The van der Waals surface area contributed by atoms with Crippen molar-refractivity contribution in [2.45, 2.75) is 24.7 Å². The molecule has 0 saturated heterocycles. The molecule has 0 amide bonds. The monoisotopic (exact) mass is 332 g/mol. The molecule has 0 aliphatic heterocycles. The smallest absolute Gasteiger partial charge is 0.411 e. The van der Waals surface area contributed by atoms with E-state index in [2.05, 4.69) is 0 Å². The second kappa shape index (κ2) is 5.25. The van der Waals surface area contributed by atoms with E-state index in [1.807, 2.05) is 0 Å². The highest BCUT2D eigenvalue weighted by Gasteiger charge is 2.78. The van der Waals surface area contributed by atoms with Crippen molar-refractivity contribution in [3.8, 4) is 0 Å². The van der Waals surface area contributed by atoms with Crippen LogP contribution in [0.3, 0.4) is 0 Å². The van der Waals surface area contributed by atoms with Gasteiger partial charge in [0.15, 0.2) is 0 Å². The number of carbonyl (C=O) groups excluding carboxylic acids is 1. The van der Waals surface area contributed by atoms with Gasteiger partial charge in [-0.2, -0.15) is 26.3 Å². The van der Waals surface area contributed by atoms with Crippen LogP contribution in [0.4, 0.5) is 30.7 Å². The maximum absolute atomic E-state index is 13.5. The zero-order chi connectivity index (χ0) is 17.5. The molecule has 0 atom stereocenters. The standard InChI is InChI=1S/C12H7F7O3/c1-5-4-6(13)2-3-7(5)8(20)10(14,15)12(18,19)11(16,17)9(21)22/h2-4H,1H3,(H,21,22). The summed E-state index contributed by atoms with van der Waals surface area (Å²) in [5, 5.41) is 7.96. The maximum atomic E-state index is 13.5. The van der Waals surface area contributed by atoms with Gasteiger partial charge in [0.1, 0.15) is 5.82 Å². The Morgan fingerprint density at radius 2 is 1.50 bits per heavy atom. The Bertz CT molecular complexity index is 625. The lowest BCUT2D eigenvalue weighted by molar-refractivity contribution is -0.285. The molecule has 1 rings (SSSR count). The number of hydrogen-bond acceptors (Lipinski definition) is 2. The number of Topliss-reactive ketones (excluding diaryl/α,β-unsaturated/α-hetero) is 1. The van der Waals surface area contributed by atoms with Gasteiger partial charge in [0.05, 0.1) is 0 Å². The first-order valence-electron chi connectivity index (χ1n) is 5.44. The minimum atomic E-state index is -6.48. The summed E-state index contributed by atoms with van der Waals surface area (Å²) >= 11 is 0. The van der Waals surface area contributed by atoms with Gasteiger partial charge in [-0.1, -0.05) is 0 Å². The summed E-state index contributed by atoms with van der Waals surface area (Å²) < 4.78 is 91.8. The first kappa shape index (κ1) is 17.9. The number of aliphatic carboxylic acids is 1. The van der Waals surface area contributed by atoms with Crippen molar-refractivity contribution >= 4 is 11.8 Å². The molecule has 22 heavy (non-hydrogen) atoms. The number of aryl methyl sites for hydroxylation is 1. The zero-order valence-electron chi connectivity index (χ0n) is 10.6. The molecule has 1 N–H and O–H groups in total. The fourth-order valence-corrected chi connectivity index (χ4v) is 1.53. The minimum absolute atomic E-state index is 0.413. The molecule has 122 valence electrons. The minimum Gasteiger partial charge on any atom is -0.477 e. The number of rotatable bonds is 5. The van der Waals surface area contributed by atoms with E-state index in [4.69, 9.17) is 5.11 Å². The van der Waals surface area contributed by atoms with E-state index in [1.165, 1.54) is 0 Å². The first-order valence-corrected chi connectivity index (χ1v) is 5.44. The highest BCUT2D eigenvalue weighted by molar-refractivity contribution is 6.03. The normalized spacial score (nSPS) is 13.1. The number of hydrogen-bond donors (Lipinski definition) is 1. The van der Waals surface area contributed by atoms with Crippen molar-refractivity contribution in [2.75, 3.05) is 0 Å². The van der Waals surface area contributed by atoms with E-state index in [0.29, 0.717) is 18.2 Å². The van der Waals surface area contributed by atoms with Gasteiger partial charge in [-0.15, -0.1) is 0 Å². The van der Waals surface area contributed by atoms with Gasteiger partial charge in [-0.25, -0.2) is 9.18 Å². The first-order chi connectivity index (χ1) is 9.76. The molecule has 0 saturated carbocycles. The van der Waals surface area contributed by atoms with Crippen LogP contribution >= 0.6 is 0 Å². The van der Waals surface area contributed by atoms with Crippen LogP contribution in [0.2, 0.25) is 0 Å². The van der Waals surface area contributed by atoms with Crippen molar-refractivity contribution in [2.24, 2.45) is 0 Å². The molecule has 0 aromatic heterocycles. The second-order valence-electron chi connectivity index (χ2n) is 4.32. The Kier molecular flexibility index (Phi) is 4.28. The molecular weight excluding hydrogens is 325 g/mol. The van der Waals surface area contributed by atoms with Gasteiger partial charge in [0.25, 0.3) is 0 Å². The highest BCUT2D eigenvalue weighted by Crippen LogP contribution is 2.47. The highest BCUT2D eigenvalue weighted by atomic mass is 19.3. The Labute approximate surface area is 118 Å². The molecule has 0 spiro atoms. The summed E-state index contributed by atoms with van der Waals surface area (Å²) in [7, 11) is 0. The number of carboxylic acid groups (broad SMARTS) is 1. The lowest BCUT2D eigenvalue weighted by Crippen LogP contribution is -2.61. The fourth-order valence-electron chi connectivity index (χ4n) is 1.53. The van der Waals surface area contributed by atoms with Gasteiger partial charge < -0.3 is 5.11 Å². The third-order valence-electron chi connectivity index (χ3n) is 2.78. The summed E-state index contributed by atoms with van der Waals surface area (Å²) in [5.41, 5.74) is -1.63. The van der Waals surface area contributed by atoms with E-state index >= 15 is 0 Å². The van der Waals surface area contributed by atoms with Crippen LogP contribution in [0, 0.1) is 12.7 Å². The van der Waals surface area contributed by atoms with E-state index in [9.17, 15) is 40.3 Å². The molecule has 0 radical (unpaired) electrons. The van der Waals surface area contributed by atoms with Crippen LogP contribution in [0.25, 0.3) is 0 Å². The Hall–Kier alpha value is -2.13. The molecule has 0 aliphatic carbocycles. The molecule has 0 unspecified atom stereocenters. The molecule has 1 aromatic rings. The van der Waals surface area contributed by atoms with Crippen molar-refractivity contribution in [1.82, 2.24) is 0 Å². The van der Waals surface area contributed by atoms with Crippen LogP contribution in [-0.2, 0) is 4.79 Å². The molecule has 0 fully saturated rings. The molecular formula is C12H7F7O3. The van der Waals surface area contributed by atoms with E-state index in [1.54, 1.807) is 0 Å². The molecule has 10 heteroatoms. The van der Waals surface area contributed by atoms with Crippen molar-refractivity contribution < 1.29 is 45.4 Å². The summed E-state index contributed by atoms with van der Waals surface area (Å²) in [6.07, 6.45) is 0. The van der Waals surface area contributed by atoms with Crippen molar-refractivity contribution in [1.29, 1.82) is 0 Å². The number of halogens is 7. The predicted octanol–water partition coefficient (Wildman–Crippen LogP) is 3.31. The van der Waals surface area contributed by atoms with Gasteiger partial charge >= 0.3 is 23.7 Å². The van der Waals surface area contributed by atoms with Crippen LogP contribution in [0.1, 0.15) is 15.9 Å². The lowest BCUT2D eigenvalue weighted by atomic mass is 9.93. The topological polar surface area (TPSA) is 54.4 Å². The molecule has 3 nitrogen and oxygen atoms in total. The van der Waals surface area contributed by atoms with Gasteiger partial charge in [0, 0.05) is 5.56 Å². The number of carboxylic acids is 1. The van der Waals surface area contributed by atoms with Gasteiger partial charge in [-0.3, -0.25) is 4.79 Å². The third kappa shape index (κ3) is 2.53. The average Bonchev–Trinajstić information content (AvgIpc) is 2.37. The SMILES string of the molecule is Cc1cc(F)ccc1C(=O)C(F)(F)C(F)(F)C(F)(F)C(=O)O. The van der Waals surface area contributed by atoms with Crippen LogP contribution in [-0.4, -0.2) is 34.6 Å². The Morgan fingerprint density at radius 1 is 1.00 bits per heavy atom. The van der Waals surface area contributed by atoms with Crippen molar-refractivity contribution in [3.05, 3.63) is 35.1 Å². The predicted molar refractivity (Wildman–Crippen MR) is 57.9 cm³/mol. The zero-order valence-corrected chi connectivity index (χ0v) is 10.6. The Balaban J connectivity index is 3.39. The molecule has 0 heterocycles. The van der Waals surface area contributed by atoms with Crippen LogP contribution in [0.5, 0.6) is 0 Å². The molecule has 1 aromatic carbocycles. The van der Waals surface area contributed by atoms with E-state index in [0.717, 1.165) is 6.92 Å². The van der Waals surface area contributed by atoms with E-state index in [-0.39, 0.29) is 0 Å².